The zero-order valence-electron chi connectivity index (χ0n) is 7.82. The number of carbonyl (C=O) groups is 1. The van der Waals surface area contributed by atoms with Crippen molar-refractivity contribution >= 4 is 17.2 Å². The fraction of sp³-hybridized carbons (Fsp3) is 0.200. The fourth-order valence-corrected chi connectivity index (χ4v) is 1.52. The topological polar surface area (TPSA) is 70.1 Å². The van der Waals surface area contributed by atoms with Gasteiger partial charge < -0.3 is 5.73 Å². The first-order valence-electron chi connectivity index (χ1n) is 4.43. The molecule has 0 spiro atoms. The van der Waals surface area contributed by atoms with Gasteiger partial charge in [0.25, 0.3) is 5.91 Å². The molecular weight excluding hydrogens is 178 g/mol. The first kappa shape index (κ1) is 8.74. The number of nitrogens with two attached hydrogens (primary N) is 1. The Kier molecular flexibility index (Phi) is 1.96. The average molecular weight is 188 g/mol. The predicted molar refractivity (Wildman–Crippen MR) is 52.8 cm³/mol. The molecule has 0 atom stereocenters. The summed E-state index contributed by atoms with van der Waals surface area (Å²) < 4.78 is 0. The number of aromatic nitrogens is 1. The molecule has 0 saturated heterocycles. The van der Waals surface area contributed by atoms with Crippen LogP contribution in [-0.2, 0) is 0 Å². The number of nitrogens with zero attached hydrogens (tertiary/aromatic N) is 2. The Balaban J connectivity index is 2.54. The van der Waals surface area contributed by atoms with E-state index in [1.165, 1.54) is 0 Å². The molecule has 1 aliphatic heterocycles. The number of rotatable bonds is 2. The second-order valence-corrected chi connectivity index (χ2v) is 3.06. The smallest absolute Gasteiger partial charge is 0.269 e. The van der Waals surface area contributed by atoms with E-state index in [4.69, 9.17) is 5.73 Å². The Bertz CT molecular complexity index is 423. The maximum absolute atomic E-state index is 11.0. The quantitative estimate of drug-likeness (QED) is 0.757. The van der Waals surface area contributed by atoms with Gasteiger partial charge in [0.15, 0.2) is 5.69 Å². The molecular formula is C10H10N3O. The normalized spacial score (nSPS) is 13.1. The standard InChI is InChI=1S/C10H10N3O/c1-2-6-5-13-8-7(6)3-4-12-9(8)10(11)14/h3-5H,2H2,1H3,(H2,11,14). The summed E-state index contributed by atoms with van der Waals surface area (Å²) in [5, 5.41) is 4.15. The van der Waals surface area contributed by atoms with Gasteiger partial charge in [-0.3, -0.25) is 10.1 Å². The van der Waals surface area contributed by atoms with Crippen molar-refractivity contribution < 1.29 is 4.79 Å². The second-order valence-electron chi connectivity index (χ2n) is 3.06. The molecule has 4 nitrogen and oxygen atoms in total. The highest BCUT2D eigenvalue weighted by molar-refractivity contribution is 5.99. The Hall–Kier alpha value is -1.84. The van der Waals surface area contributed by atoms with Gasteiger partial charge in [-0.15, -0.1) is 0 Å². The third kappa shape index (κ3) is 1.16. The van der Waals surface area contributed by atoms with Crippen molar-refractivity contribution in [3.8, 4) is 0 Å². The lowest BCUT2D eigenvalue weighted by Crippen LogP contribution is -2.14. The van der Waals surface area contributed by atoms with Crippen molar-refractivity contribution in [2.45, 2.75) is 13.3 Å². The Morgan fingerprint density at radius 1 is 1.57 bits per heavy atom. The third-order valence-corrected chi connectivity index (χ3v) is 2.23. The summed E-state index contributed by atoms with van der Waals surface area (Å²) in [5.74, 6) is -0.531. The van der Waals surface area contributed by atoms with Gasteiger partial charge in [0.2, 0.25) is 0 Å². The zero-order valence-corrected chi connectivity index (χ0v) is 7.82. The molecule has 0 aliphatic carbocycles. The van der Waals surface area contributed by atoms with E-state index in [0.29, 0.717) is 5.69 Å². The second kappa shape index (κ2) is 3.14. The van der Waals surface area contributed by atoms with E-state index in [1.54, 1.807) is 12.4 Å². The highest BCUT2D eigenvalue weighted by atomic mass is 16.1. The lowest BCUT2D eigenvalue weighted by molar-refractivity contribution is 0.0996. The van der Waals surface area contributed by atoms with E-state index in [1.807, 2.05) is 13.0 Å². The van der Waals surface area contributed by atoms with Crippen LogP contribution in [0, 0.1) is 0 Å². The first-order valence-corrected chi connectivity index (χ1v) is 4.43. The van der Waals surface area contributed by atoms with Crippen molar-refractivity contribution in [2.24, 2.45) is 5.73 Å². The van der Waals surface area contributed by atoms with Crippen LogP contribution in [0.2, 0.25) is 0 Å². The lowest BCUT2D eigenvalue weighted by Gasteiger charge is -2.03. The minimum atomic E-state index is -0.531. The molecule has 1 radical (unpaired) electrons. The maximum Gasteiger partial charge on any atom is 0.269 e. The SMILES string of the molecule is CCC1=C[N]c2c1ccnc2C(N)=O. The molecule has 14 heavy (non-hydrogen) atoms. The third-order valence-electron chi connectivity index (χ3n) is 2.23. The van der Waals surface area contributed by atoms with Crippen LogP contribution < -0.4 is 11.1 Å². The fourth-order valence-electron chi connectivity index (χ4n) is 1.52. The summed E-state index contributed by atoms with van der Waals surface area (Å²) in [6, 6.07) is 1.85. The molecule has 2 heterocycles. The lowest BCUT2D eigenvalue weighted by atomic mass is 10.1. The van der Waals surface area contributed by atoms with Crippen LogP contribution in [0.15, 0.2) is 18.5 Å². The molecule has 0 aromatic carbocycles. The van der Waals surface area contributed by atoms with Gasteiger partial charge in [-0.25, -0.2) is 4.98 Å². The van der Waals surface area contributed by atoms with Gasteiger partial charge in [0.05, 0.1) is 0 Å². The number of primary amides is 1. The van der Waals surface area contributed by atoms with Gasteiger partial charge in [-0.05, 0) is 18.1 Å². The number of fused-ring (bicyclic) bond motifs is 1. The molecule has 0 unspecified atom stereocenters. The molecule has 0 bridgehead atoms. The number of hydrogen-bond donors (Lipinski definition) is 1. The molecule has 1 aromatic heterocycles. The van der Waals surface area contributed by atoms with Crippen LogP contribution in [0.1, 0.15) is 29.4 Å². The van der Waals surface area contributed by atoms with E-state index < -0.39 is 5.91 Å². The molecule has 71 valence electrons. The van der Waals surface area contributed by atoms with Crippen molar-refractivity contribution in [1.82, 2.24) is 10.3 Å². The van der Waals surface area contributed by atoms with Gasteiger partial charge in [0, 0.05) is 18.0 Å². The van der Waals surface area contributed by atoms with E-state index in [-0.39, 0.29) is 5.69 Å². The van der Waals surface area contributed by atoms with Crippen molar-refractivity contribution in [3.63, 3.8) is 0 Å². The summed E-state index contributed by atoms with van der Waals surface area (Å²) in [7, 11) is 0. The number of amides is 1. The first-order chi connectivity index (χ1) is 6.74. The van der Waals surface area contributed by atoms with Crippen LogP contribution in [0.25, 0.3) is 5.57 Å². The maximum atomic E-state index is 11.0. The van der Waals surface area contributed by atoms with Gasteiger partial charge in [-0.1, -0.05) is 6.92 Å². The summed E-state index contributed by atoms with van der Waals surface area (Å²) >= 11 is 0. The van der Waals surface area contributed by atoms with E-state index in [9.17, 15) is 4.79 Å². The predicted octanol–water partition coefficient (Wildman–Crippen LogP) is 1.18. The number of pyridine rings is 1. The monoisotopic (exact) mass is 188 g/mol. The minimum absolute atomic E-state index is 0.252. The highest BCUT2D eigenvalue weighted by Crippen LogP contribution is 2.33. The molecule has 4 heteroatoms. The summed E-state index contributed by atoms with van der Waals surface area (Å²) in [5.41, 5.74) is 8.13. The van der Waals surface area contributed by atoms with Gasteiger partial charge in [-0.2, -0.15) is 0 Å². The highest BCUT2D eigenvalue weighted by Gasteiger charge is 2.20. The summed E-state index contributed by atoms with van der Waals surface area (Å²) in [6.45, 7) is 2.04. The van der Waals surface area contributed by atoms with Crippen LogP contribution in [0.3, 0.4) is 0 Å². The van der Waals surface area contributed by atoms with Gasteiger partial charge >= 0.3 is 0 Å². The Morgan fingerprint density at radius 2 is 2.36 bits per heavy atom. The summed E-state index contributed by atoms with van der Waals surface area (Å²) in [4.78, 5) is 14.9. The number of carbonyl (C=O) groups excluding carboxylic acids is 1. The van der Waals surface area contributed by atoms with Crippen LogP contribution in [0.5, 0.6) is 0 Å². The van der Waals surface area contributed by atoms with E-state index in [0.717, 1.165) is 17.6 Å². The average Bonchev–Trinajstić information content (AvgIpc) is 2.59. The van der Waals surface area contributed by atoms with Crippen LogP contribution >= 0.6 is 0 Å². The Labute approximate surface area is 81.8 Å². The summed E-state index contributed by atoms with van der Waals surface area (Å²) in [6.07, 6.45) is 4.24. The van der Waals surface area contributed by atoms with Crippen molar-refractivity contribution in [1.29, 1.82) is 0 Å². The molecule has 1 aliphatic rings. The molecule has 2 rings (SSSR count). The van der Waals surface area contributed by atoms with Gasteiger partial charge in [0.1, 0.15) is 5.69 Å². The molecule has 2 N–H and O–H groups in total. The van der Waals surface area contributed by atoms with E-state index >= 15 is 0 Å². The molecule has 0 saturated carbocycles. The van der Waals surface area contributed by atoms with Crippen LogP contribution in [0.4, 0.5) is 5.69 Å². The van der Waals surface area contributed by atoms with Crippen LogP contribution in [-0.4, -0.2) is 10.9 Å². The largest absolute Gasteiger partial charge is 0.364 e. The number of hydrogen-bond acceptors (Lipinski definition) is 2. The molecule has 1 aromatic rings. The molecule has 0 fully saturated rings. The van der Waals surface area contributed by atoms with E-state index in [2.05, 4.69) is 10.3 Å². The minimum Gasteiger partial charge on any atom is -0.364 e. The van der Waals surface area contributed by atoms with Crippen molar-refractivity contribution in [2.75, 3.05) is 0 Å². The van der Waals surface area contributed by atoms with Crippen molar-refractivity contribution in [3.05, 3.63) is 29.7 Å². The zero-order chi connectivity index (χ0) is 10.1. The molecule has 1 amide bonds. The Morgan fingerprint density at radius 3 is 3.00 bits per heavy atom. The number of allylic oxidation sites excluding steroid dienone is 1.